The number of aromatic amines is 1. The van der Waals surface area contributed by atoms with Gasteiger partial charge in [-0.2, -0.15) is 10.2 Å². The number of ether oxygens (including phenoxy) is 1. The summed E-state index contributed by atoms with van der Waals surface area (Å²) in [5.74, 6) is 0.291. The maximum atomic E-state index is 12.6. The molecule has 5 rings (SSSR count). The van der Waals surface area contributed by atoms with Crippen molar-refractivity contribution in [1.29, 1.82) is 0 Å². The summed E-state index contributed by atoms with van der Waals surface area (Å²) in [5, 5.41) is 23.1. The first-order valence-corrected chi connectivity index (χ1v) is 11.0. The van der Waals surface area contributed by atoms with Crippen LogP contribution in [-0.2, 0) is 6.61 Å². The van der Waals surface area contributed by atoms with Gasteiger partial charge in [-0.1, -0.05) is 72.8 Å². The number of nitrogens with one attached hydrogen (secondary N) is 2. The van der Waals surface area contributed by atoms with Crippen LogP contribution in [-0.4, -0.2) is 27.4 Å². The van der Waals surface area contributed by atoms with Crippen molar-refractivity contribution in [3.8, 4) is 22.8 Å². The summed E-state index contributed by atoms with van der Waals surface area (Å²) >= 11 is 0. The highest BCUT2D eigenvalue weighted by Gasteiger charge is 2.14. The summed E-state index contributed by atoms with van der Waals surface area (Å²) in [6, 6.07) is 30.1. The lowest BCUT2D eigenvalue weighted by Gasteiger charge is -2.10. The fraction of sp³-hybridized carbons (Fsp3) is 0.0357. The Kier molecular flexibility index (Phi) is 6.21. The molecule has 0 aliphatic rings. The summed E-state index contributed by atoms with van der Waals surface area (Å²) in [4.78, 5) is 12.6. The van der Waals surface area contributed by atoms with Gasteiger partial charge in [-0.25, -0.2) is 5.43 Å². The molecule has 3 N–H and O–H groups in total. The molecule has 1 amide bonds. The van der Waals surface area contributed by atoms with Crippen LogP contribution in [0.4, 0.5) is 0 Å². The van der Waals surface area contributed by atoms with Crippen molar-refractivity contribution >= 4 is 22.9 Å². The molecule has 0 atom stereocenters. The number of fused-ring (bicyclic) bond motifs is 1. The number of phenols is 1. The Morgan fingerprint density at radius 2 is 1.74 bits per heavy atom. The van der Waals surface area contributed by atoms with E-state index in [0.29, 0.717) is 23.6 Å². The minimum atomic E-state index is -0.456. The quantitative estimate of drug-likeness (QED) is 0.226. The number of hydrazone groups is 1. The third kappa shape index (κ3) is 4.89. The van der Waals surface area contributed by atoms with E-state index in [2.05, 4.69) is 20.7 Å². The third-order valence-corrected chi connectivity index (χ3v) is 5.53. The Labute approximate surface area is 201 Å². The standard InChI is InChI=1S/C28H22N4O3/c33-26-15-14-20-10-4-5-11-21(20)23(26)17-29-32-28(34)25-16-24(30-31-25)22-12-6-7-13-27(22)35-18-19-8-2-1-3-9-19/h1-17,33H,18H2,(H,30,31)(H,32,34)/b29-17-. The zero-order chi connectivity index (χ0) is 24.0. The average molecular weight is 463 g/mol. The predicted octanol–water partition coefficient (Wildman–Crippen LogP) is 5.28. The summed E-state index contributed by atoms with van der Waals surface area (Å²) in [6.45, 7) is 0.422. The third-order valence-electron chi connectivity index (χ3n) is 5.53. The van der Waals surface area contributed by atoms with Gasteiger partial charge in [0.2, 0.25) is 0 Å². The van der Waals surface area contributed by atoms with E-state index in [1.54, 1.807) is 12.1 Å². The highest BCUT2D eigenvalue weighted by molar-refractivity contribution is 6.03. The average Bonchev–Trinajstić information content (AvgIpc) is 3.40. The van der Waals surface area contributed by atoms with Crippen LogP contribution in [0.3, 0.4) is 0 Å². The number of H-pyrrole nitrogens is 1. The number of carbonyl (C=O) groups excluding carboxylic acids is 1. The van der Waals surface area contributed by atoms with Gasteiger partial charge in [0.15, 0.2) is 0 Å². The number of phenolic OH excluding ortho intramolecular Hbond substituents is 1. The van der Waals surface area contributed by atoms with Crippen molar-refractivity contribution in [2.24, 2.45) is 5.10 Å². The second kappa shape index (κ2) is 9.93. The minimum Gasteiger partial charge on any atom is -0.507 e. The van der Waals surface area contributed by atoms with Crippen LogP contribution in [0.25, 0.3) is 22.0 Å². The molecule has 0 saturated carbocycles. The van der Waals surface area contributed by atoms with Gasteiger partial charge < -0.3 is 9.84 Å². The van der Waals surface area contributed by atoms with Crippen LogP contribution >= 0.6 is 0 Å². The smallest absolute Gasteiger partial charge is 0.289 e. The topological polar surface area (TPSA) is 99.6 Å². The van der Waals surface area contributed by atoms with Crippen molar-refractivity contribution in [2.45, 2.75) is 6.61 Å². The number of hydrogen-bond acceptors (Lipinski definition) is 5. The maximum absolute atomic E-state index is 12.6. The van der Waals surface area contributed by atoms with Crippen LogP contribution in [0.2, 0.25) is 0 Å². The molecular weight excluding hydrogens is 440 g/mol. The lowest BCUT2D eigenvalue weighted by molar-refractivity contribution is 0.0950. The van der Waals surface area contributed by atoms with Crippen LogP contribution in [0.5, 0.6) is 11.5 Å². The lowest BCUT2D eigenvalue weighted by atomic mass is 10.0. The number of rotatable bonds is 7. The molecule has 172 valence electrons. The molecule has 0 aliphatic carbocycles. The Hall–Kier alpha value is -4.91. The monoisotopic (exact) mass is 462 g/mol. The van der Waals surface area contributed by atoms with E-state index in [4.69, 9.17) is 4.74 Å². The molecule has 4 aromatic carbocycles. The lowest BCUT2D eigenvalue weighted by Crippen LogP contribution is -2.18. The second-order valence-electron chi connectivity index (χ2n) is 7.86. The van der Waals surface area contributed by atoms with Crippen molar-refractivity contribution in [3.63, 3.8) is 0 Å². The molecule has 0 fully saturated rings. The highest BCUT2D eigenvalue weighted by atomic mass is 16.5. The molecule has 0 aliphatic heterocycles. The molecule has 0 radical (unpaired) electrons. The first-order chi connectivity index (χ1) is 17.2. The van der Waals surface area contributed by atoms with Crippen LogP contribution in [0.1, 0.15) is 21.6 Å². The molecule has 0 bridgehead atoms. The van der Waals surface area contributed by atoms with E-state index < -0.39 is 5.91 Å². The molecule has 0 saturated heterocycles. The molecule has 0 spiro atoms. The number of carbonyl (C=O) groups is 1. The maximum Gasteiger partial charge on any atom is 0.289 e. The van der Waals surface area contributed by atoms with Crippen molar-refractivity contribution < 1.29 is 14.6 Å². The van der Waals surface area contributed by atoms with E-state index in [1.165, 1.54) is 6.21 Å². The fourth-order valence-electron chi connectivity index (χ4n) is 3.75. The van der Waals surface area contributed by atoms with E-state index >= 15 is 0 Å². The predicted molar refractivity (Wildman–Crippen MR) is 135 cm³/mol. The van der Waals surface area contributed by atoms with Gasteiger partial charge in [-0.3, -0.25) is 9.89 Å². The molecule has 5 aromatic rings. The second-order valence-corrected chi connectivity index (χ2v) is 7.86. The Morgan fingerprint density at radius 3 is 2.63 bits per heavy atom. The van der Waals surface area contributed by atoms with Crippen molar-refractivity contribution in [1.82, 2.24) is 15.6 Å². The van der Waals surface area contributed by atoms with Gasteiger partial charge in [0.05, 0.1) is 11.9 Å². The molecule has 1 aromatic heterocycles. The van der Waals surface area contributed by atoms with Gasteiger partial charge >= 0.3 is 0 Å². The van der Waals surface area contributed by atoms with Gasteiger partial charge in [-0.15, -0.1) is 0 Å². The van der Waals surface area contributed by atoms with Gasteiger partial charge in [0.25, 0.3) is 5.91 Å². The summed E-state index contributed by atoms with van der Waals surface area (Å²) < 4.78 is 6.01. The van der Waals surface area contributed by atoms with Crippen LogP contribution in [0.15, 0.2) is 102 Å². The normalized spacial score (nSPS) is 11.1. The van der Waals surface area contributed by atoms with Gasteiger partial charge in [0.1, 0.15) is 23.8 Å². The zero-order valence-electron chi connectivity index (χ0n) is 18.7. The SMILES string of the molecule is O=C(N/N=C\c1c(O)ccc2ccccc12)c1cc(-c2ccccc2OCc2ccccc2)n[nH]1. The summed E-state index contributed by atoms with van der Waals surface area (Å²) in [7, 11) is 0. The number of amides is 1. The molecule has 35 heavy (non-hydrogen) atoms. The largest absolute Gasteiger partial charge is 0.507 e. The Morgan fingerprint density at radius 1 is 0.971 bits per heavy atom. The molecular formula is C28H22N4O3. The highest BCUT2D eigenvalue weighted by Crippen LogP contribution is 2.29. The molecule has 0 unspecified atom stereocenters. The van der Waals surface area contributed by atoms with E-state index in [9.17, 15) is 9.90 Å². The number of para-hydroxylation sites is 1. The Bertz CT molecular complexity index is 1510. The number of aromatic hydroxyl groups is 1. The van der Waals surface area contributed by atoms with Gasteiger partial charge in [0, 0.05) is 11.1 Å². The van der Waals surface area contributed by atoms with Gasteiger partial charge in [-0.05, 0) is 40.6 Å². The van der Waals surface area contributed by atoms with Crippen LogP contribution in [0, 0.1) is 0 Å². The molecule has 7 nitrogen and oxygen atoms in total. The summed E-state index contributed by atoms with van der Waals surface area (Å²) in [5.41, 5.74) is 5.66. The minimum absolute atomic E-state index is 0.0811. The first-order valence-electron chi connectivity index (χ1n) is 11.0. The Balaban J connectivity index is 1.30. The van der Waals surface area contributed by atoms with E-state index in [-0.39, 0.29) is 11.4 Å². The van der Waals surface area contributed by atoms with E-state index in [1.807, 2.05) is 84.9 Å². The summed E-state index contributed by atoms with van der Waals surface area (Å²) in [6.07, 6.45) is 1.43. The molecule has 7 heteroatoms. The number of benzene rings is 4. The number of aromatic nitrogens is 2. The first kappa shape index (κ1) is 21.9. The zero-order valence-corrected chi connectivity index (χ0v) is 18.7. The van der Waals surface area contributed by atoms with E-state index in [0.717, 1.165) is 21.9 Å². The van der Waals surface area contributed by atoms with Crippen molar-refractivity contribution in [2.75, 3.05) is 0 Å². The number of nitrogens with zero attached hydrogens (tertiary/aromatic N) is 2. The fourth-order valence-corrected chi connectivity index (χ4v) is 3.75. The van der Waals surface area contributed by atoms with Crippen molar-refractivity contribution in [3.05, 3.63) is 114 Å². The van der Waals surface area contributed by atoms with Crippen LogP contribution < -0.4 is 10.2 Å². The number of hydrogen-bond donors (Lipinski definition) is 3. The molecule has 1 heterocycles.